The monoisotopic (exact) mass is 247 g/mol. The SMILES string of the molecule is Cc1nn(Cc2nnn(C)n2)cc1CNC1CC1. The molecular weight excluding hydrogens is 230 g/mol. The van der Waals surface area contributed by atoms with Crippen molar-refractivity contribution in [3.63, 3.8) is 0 Å². The van der Waals surface area contributed by atoms with E-state index < -0.39 is 0 Å². The van der Waals surface area contributed by atoms with Gasteiger partial charge in [0.2, 0.25) is 0 Å². The van der Waals surface area contributed by atoms with Crippen LogP contribution in [-0.2, 0) is 20.1 Å². The molecule has 18 heavy (non-hydrogen) atoms. The summed E-state index contributed by atoms with van der Waals surface area (Å²) in [6, 6.07) is 0.717. The second-order valence-electron chi connectivity index (χ2n) is 4.79. The molecule has 0 amide bonds. The Bertz CT molecular complexity index is 537. The van der Waals surface area contributed by atoms with Gasteiger partial charge in [-0.15, -0.1) is 10.2 Å². The van der Waals surface area contributed by atoms with Crippen LogP contribution >= 0.6 is 0 Å². The van der Waals surface area contributed by atoms with E-state index in [9.17, 15) is 0 Å². The van der Waals surface area contributed by atoms with Crippen molar-refractivity contribution in [2.45, 2.75) is 38.9 Å². The molecule has 7 heteroatoms. The first kappa shape index (κ1) is 11.3. The van der Waals surface area contributed by atoms with Crippen molar-refractivity contribution in [2.24, 2.45) is 7.05 Å². The molecule has 2 aromatic heterocycles. The summed E-state index contributed by atoms with van der Waals surface area (Å²) in [5.74, 6) is 0.682. The lowest BCUT2D eigenvalue weighted by Gasteiger charge is -1.99. The third-order valence-electron chi connectivity index (χ3n) is 3.06. The summed E-state index contributed by atoms with van der Waals surface area (Å²) in [6.07, 6.45) is 4.66. The Hall–Kier alpha value is -1.76. The maximum atomic E-state index is 4.47. The summed E-state index contributed by atoms with van der Waals surface area (Å²) in [5.41, 5.74) is 2.30. The standard InChI is InChI=1S/C11H17N7/c1-8-9(5-12-10-3-4-10)6-18(14-8)7-11-13-16-17(2)15-11/h6,10,12H,3-5,7H2,1-2H3. The number of hydrogen-bond donors (Lipinski definition) is 1. The second kappa shape index (κ2) is 4.49. The Morgan fingerprint density at radius 2 is 2.22 bits per heavy atom. The van der Waals surface area contributed by atoms with Crippen LogP contribution in [0.1, 0.15) is 29.9 Å². The Balaban J connectivity index is 1.66. The maximum absolute atomic E-state index is 4.47. The molecule has 1 N–H and O–H groups in total. The first-order valence-electron chi connectivity index (χ1n) is 6.20. The molecule has 0 saturated heterocycles. The van der Waals surface area contributed by atoms with Crippen LogP contribution in [0.5, 0.6) is 0 Å². The van der Waals surface area contributed by atoms with Crippen molar-refractivity contribution in [1.82, 2.24) is 35.3 Å². The van der Waals surface area contributed by atoms with Gasteiger partial charge in [0, 0.05) is 24.3 Å². The molecule has 1 saturated carbocycles. The summed E-state index contributed by atoms with van der Waals surface area (Å²) in [6.45, 7) is 3.49. The van der Waals surface area contributed by atoms with Crippen molar-refractivity contribution < 1.29 is 0 Å². The zero-order valence-electron chi connectivity index (χ0n) is 10.7. The summed E-state index contributed by atoms with van der Waals surface area (Å²) in [4.78, 5) is 1.46. The molecular formula is C11H17N7. The Kier molecular flexibility index (Phi) is 2.83. The van der Waals surface area contributed by atoms with E-state index in [0.717, 1.165) is 18.3 Å². The molecule has 0 atom stereocenters. The summed E-state index contributed by atoms with van der Waals surface area (Å²) < 4.78 is 1.87. The first-order valence-corrected chi connectivity index (χ1v) is 6.20. The van der Waals surface area contributed by atoms with Gasteiger partial charge < -0.3 is 5.32 Å². The molecule has 2 heterocycles. The lowest BCUT2D eigenvalue weighted by molar-refractivity contribution is 0.616. The third kappa shape index (κ3) is 2.56. The third-order valence-corrected chi connectivity index (χ3v) is 3.06. The van der Waals surface area contributed by atoms with Gasteiger partial charge in [-0.2, -0.15) is 9.90 Å². The molecule has 1 fully saturated rings. The highest BCUT2D eigenvalue weighted by molar-refractivity contribution is 5.15. The molecule has 1 aliphatic carbocycles. The number of tetrazole rings is 1. The molecule has 2 aromatic rings. The minimum absolute atomic E-state index is 0.568. The van der Waals surface area contributed by atoms with Gasteiger partial charge in [-0.25, -0.2) is 0 Å². The average molecular weight is 247 g/mol. The molecule has 0 radical (unpaired) electrons. The second-order valence-corrected chi connectivity index (χ2v) is 4.79. The van der Waals surface area contributed by atoms with Crippen LogP contribution in [0.15, 0.2) is 6.20 Å². The van der Waals surface area contributed by atoms with E-state index >= 15 is 0 Å². The highest BCUT2D eigenvalue weighted by Gasteiger charge is 2.20. The van der Waals surface area contributed by atoms with E-state index in [-0.39, 0.29) is 0 Å². The Morgan fingerprint density at radius 1 is 1.39 bits per heavy atom. The van der Waals surface area contributed by atoms with Gasteiger partial charge in [0.15, 0.2) is 5.82 Å². The number of nitrogens with zero attached hydrogens (tertiary/aromatic N) is 6. The fourth-order valence-electron chi connectivity index (χ4n) is 1.89. The van der Waals surface area contributed by atoms with E-state index in [1.54, 1.807) is 7.05 Å². The minimum Gasteiger partial charge on any atom is -0.310 e. The number of aromatic nitrogens is 6. The first-order chi connectivity index (χ1) is 8.70. The van der Waals surface area contributed by atoms with Crippen molar-refractivity contribution in [3.8, 4) is 0 Å². The van der Waals surface area contributed by atoms with Gasteiger partial charge in [0.25, 0.3) is 0 Å². The van der Waals surface area contributed by atoms with E-state index in [0.29, 0.717) is 12.4 Å². The predicted octanol–water partition coefficient (Wildman–Crippen LogP) is 0.0153. The number of nitrogens with one attached hydrogen (secondary N) is 1. The van der Waals surface area contributed by atoms with Crippen molar-refractivity contribution >= 4 is 0 Å². The summed E-state index contributed by atoms with van der Waals surface area (Å²) in [7, 11) is 1.76. The lowest BCUT2D eigenvalue weighted by atomic mass is 10.2. The fraction of sp³-hybridized carbons (Fsp3) is 0.636. The van der Waals surface area contributed by atoms with Gasteiger partial charge in [0.1, 0.15) is 6.54 Å². The summed E-state index contributed by atoms with van der Waals surface area (Å²) in [5, 5.41) is 19.9. The molecule has 3 rings (SSSR count). The molecule has 0 aromatic carbocycles. The molecule has 0 aliphatic heterocycles. The molecule has 1 aliphatic rings. The van der Waals surface area contributed by atoms with Crippen LogP contribution in [0.4, 0.5) is 0 Å². The smallest absolute Gasteiger partial charge is 0.196 e. The van der Waals surface area contributed by atoms with E-state index in [1.165, 1.54) is 23.2 Å². The predicted molar refractivity (Wildman–Crippen MR) is 64.7 cm³/mol. The number of aryl methyl sites for hydroxylation is 2. The van der Waals surface area contributed by atoms with Crippen LogP contribution < -0.4 is 5.32 Å². The average Bonchev–Trinajstić information content (AvgIpc) is 2.98. The van der Waals surface area contributed by atoms with Crippen molar-refractivity contribution in [3.05, 3.63) is 23.3 Å². The molecule has 0 spiro atoms. The van der Waals surface area contributed by atoms with E-state index in [2.05, 4.69) is 32.0 Å². The maximum Gasteiger partial charge on any atom is 0.196 e. The number of hydrogen-bond acceptors (Lipinski definition) is 5. The van der Waals surface area contributed by atoms with Crippen molar-refractivity contribution in [2.75, 3.05) is 0 Å². The zero-order chi connectivity index (χ0) is 12.5. The molecule has 7 nitrogen and oxygen atoms in total. The molecule has 0 bridgehead atoms. The van der Waals surface area contributed by atoms with Crippen LogP contribution in [0, 0.1) is 6.92 Å². The zero-order valence-corrected chi connectivity index (χ0v) is 10.7. The van der Waals surface area contributed by atoms with Gasteiger partial charge in [-0.3, -0.25) is 4.68 Å². The van der Waals surface area contributed by atoms with Crippen LogP contribution in [-0.4, -0.2) is 36.0 Å². The quantitative estimate of drug-likeness (QED) is 0.806. The van der Waals surface area contributed by atoms with Crippen LogP contribution in [0.25, 0.3) is 0 Å². The fourth-order valence-corrected chi connectivity index (χ4v) is 1.89. The molecule has 96 valence electrons. The normalized spacial score (nSPS) is 15.2. The van der Waals surface area contributed by atoms with E-state index in [1.807, 2.05) is 11.6 Å². The highest BCUT2D eigenvalue weighted by Crippen LogP contribution is 2.19. The molecule has 0 unspecified atom stereocenters. The van der Waals surface area contributed by atoms with Gasteiger partial charge >= 0.3 is 0 Å². The Labute approximate surface area is 105 Å². The van der Waals surface area contributed by atoms with Gasteiger partial charge in [0.05, 0.1) is 12.7 Å². The Morgan fingerprint density at radius 3 is 2.89 bits per heavy atom. The van der Waals surface area contributed by atoms with Crippen LogP contribution in [0.2, 0.25) is 0 Å². The largest absolute Gasteiger partial charge is 0.310 e. The summed E-state index contributed by atoms with van der Waals surface area (Å²) >= 11 is 0. The van der Waals surface area contributed by atoms with Crippen LogP contribution in [0.3, 0.4) is 0 Å². The highest BCUT2D eigenvalue weighted by atomic mass is 15.6. The topological polar surface area (TPSA) is 73.5 Å². The number of rotatable bonds is 5. The van der Waals surface area contributed by atoms with Crippen molar-refractivity contribution in [1.29, 1.82) is 0 Å². The minimum atomic E-state index is 0.568. The van der Waals surface area contributed by atoms with E-state index in [4.69, 9.17) is 0 Å². The lowest BCUT2D eigenvalue weighted by Crippen LogP contribution is -2.15. The van der Waals surface area contributed by atoms with Gasteiger partial charge in [-0.1, -0.05) is 0 Å². The van der Waals surface area contributed by atoms with Gasteiger partial charge in [-0.05, 0) is 25.0 Å².